The molecule has 2 fully saturated rings. The fraction of sp³-hybridized carbons (Fsp3) is 0.739. The van der Waals surface area contributed by atoms with Gasteiger partial charge in [0.1, 0.15) is 0 Å². The van der Waals surface area contributed by atoms with Crippen LogP contribution in [0.4, 0.5) is 0 Å². The molecule has 0 aromatic carbocycles. The molecular weight excluding hydrogens is 490 g/mol. The normalized spacial score (nSPS) is 32.4. The first-order chi connectivity index (χ1) is 13.3. The fourth-order valence-corrected chi connectivity index (χ4v) is 5.14. The first-order valence-corrected chi connectivity index (χ1v) is 11.2. The molecule has 1 aromatic heterocycles. The molecule has 2 heterocycles. The largest absolute Gasteiger partial charge is 0.358 e. The molecule has 4 N–H and O–H groups in total. The minimum atomic E-state index is 0. The van der Waals surface area contributed by atoms with Crippen LogP contribution >= 0.6 is 0 Å². The van der Waals surface area contributed by atoms with Crippen molar-refractivity contribution in [3.05, 3.63) is 37.0 Å². The summed E-state index contributed by atoms with van der Waals surface area (Å²) in [6, 6.07) is 9.25. The van der Waals surface area contributed by atoms with Crippen LogP contribution in [0, 0.1) is 7.43 Å². The number of nitrogens with zero attached hydrogens (tertiary/aromatic N) is 1. The second-order valence-electron chi connectivity index (χ2n) is 8.85. The Balaban J connectivity index is 0.00000150. The molecule has 0 amide bonds. The summed E-state index contributed by atoms with van der Waals surface area (Å²) in [6.45, 7) is 5.14. The van der Waals surface area contributed by atoms with Gasteiger partial charge in [-0.15, -0.1) is 0 Å². The molecule has 0 unspecified atom stereocenters. The SMILES string of the molecule is C[C@H]1CN[C@H]2CCCC[C@@H]2NCc2cccc(n2)CN[C@H]2CCCC[C@@H]2N1.[CH3-].[Mn].[Y]. The van der Waals surface area contributed by atoms with Gasteiger partial charge in [0.15, 0.2) is 0 Å². The Morgan fingerprint density at radius 3 is 1.80 bits per heavy atom. The van der Waals surface area contributed by atoms with Crippen LogP contribution in [0.3, 0.4) is 0 Å². The van der Waals surface area contributed by atoms with Crippen molar-refractivity contribution in [2.75, 3.05) is 6.54 Å². The smallest absolute Gasteiger partial charge is 0.0545 e. The minimum Gasteiger partial charge on any atom is -0.358 e. The van der Waals surface area contributed by atoms with Gasteiger partial charge < -0.3 is 28.7 Å². The van der Waals surface area contributed by atoms with E-state index in [2.05, 4.69) is 46.4 Å². The zero-order valence-electron chi connectivity index (χ0n) is 18.8. The van der Waals surface area contributed by atoms with Crippen molar-refractivity contribution in [3.8, 4) is 0 Å². The van der Waals surface area contributed by atoms with Gasteiger partial charge in [-0.2, -0.15) is 0 Å². The summed E-state index contributed by atoms with van der Waals surface area (Å²) in [4.78, 5) is 4.91. The Bertz CT molecular complexity index is 605. The third kappa shape index (κ3) is 8.19. The fourth-order valence-electron chi connectivity index (χ4n) is 5.14. The number of aromatic nitrogens is 1. The molecule has 1 aromatic rings. The van der Waals surface area contributed by atoms with Crippen molar-refractivity contribution in [2.24, 2.45) is 0 Å². The van der Waals surface area contributed by atoms with Gasteiger partial charge in [-0.05, 0) is 44.7 Å². The zero-order valence-corrected chi connectivity index (χ0v) is 22.8. The summed E-state index contributed by atoms with van der Waals surface area (Å²) < 4.78 is 0. The second-order valence-corrected chi connectivity index (χ2v) is 8.85. The van der Waals surface area contributed by atoms with Crippen molar-refractivity contribution in [1.29, 1.82) is 0 Å². The molecule has 5 nitrogen and oxygen atoms in total. The molecule has 2 aliphatic carbocycles. The van der Waals surface area contributed by atoms with Gasteiger partial charge in [-0.1, -0.05) is 31.7 Å². The average Bonchev–Trinajstić information content (AvgIpc) is 2.71. The third-order valence-corrected chi connectivity index (χ3v) is 6.67. The zero-order chi connectivity index (χ0) is 18.5. The van der Waals surface area contributed by atoms with E-state index in [0.717, 1.165) is 19.6 Å². The van der Waals surface area contributed by atoms with E-state index < -0.39 is 0 Å². The van der Waals surface area contributed by atoms with E-state index in [1.165, 1.54) is 62.8 Å². The average molecular weight is 530 g/mol. The van der Waals surface area contributed by atoms with Crippen LogP contribution in [0.25, 0.3) is 0 Å². The Labute approximate surface area is 219 Å². The number of nitrogens with one attached hydrogen (secondary N) is 4. The molecule has 2 bridgehead atoms. The molecule has 5 atom stereocenters. The van der Waals surface area contributed by atoms with Gasteiger partial charge in [0.2, 0.25) is 0 Å². The van der Waals surface area contributed by atoms with Crippen LogP contribution in [-0.2, 0) is 62.9 Å². The molecule has 3 aliphatic rings. The molecule has 30 heavy (non-hydrogen) atoms. The minimum absolute atomic E-state index is 0. The van der Waals surface area contributed by atoms with Gasteiger partial charge in [-0.25, -0.2) is 0 Å². The molecule has 0 saturated heterocycles. The molecule has 1 aliphatic heterocycles. The molecule has 2 radical (unpaired) electrons. The number of pyridine rings is 1. The Hall–Kier alpha value is 0.613. The number of fused-ring (bicyclic) bond motifs is 4. The number of hydrogen-bond acceptors (Lipinski definition) is 5. The first kappa shape index (κ1) is 28.6. The number of hydrogen-bond donors (Lipinski definition) is 4. The van der Waals surface area contributed by atoms with E-state index in [4.69, 9.17) is 4.98 Å². The molecule has 168 valence electrons. The van der Waals surface area contributed by atoms with Crippen LogP contribution in [0.15, 0.2) is 18.2 Å². The van der Waals surface area contributed by atoms with Crippen LogP contribution in [0.1, 0.15) is 69.7 Å². The maximum atomic E-state index is 4.91. The molecule has 0 spiro atoms. The summed E-state index contributed by atoms with van der Waals surface area (Å²) in [6.07, 6.45) is 10.5. The summed E-state index contributed by atoms with van der Waals surface area (Å²) in [5.74, 6) is 0. The first-order valence-electron chi connectivity index (χ1n) is 11.2. The van der Waals surface area contributed by atoms with E-state index in [9.17, 15) is 0 Å². The molecular formula is C23H40MnN5Y-. The number of rotatable bonds is 0. The van der Waals surface area contributed by atoms with E-state index in [1.807, 2.05) is 0 Å². The van der Waals surface area contributed by atoms with Crippen molar-refractivity contribution in [2.45, 2.75) is 102 Å². The monoisotopic (exact) mass is 530 g/mol. The quantitative estimate of drug-likeness (QED) is 0.307. The Kier molecular flexibility index (Phi) is 14.0. The summed E-state index contributed by atoms with van der Waals surface area (Å²) >= 11 is 0. The van der Waals surface area contributed by atoms with Crippen molar-refractivity contribution >= 4 is 0 Å². The maximum absolute atomic E-state index is 4.91. The third-order valence-electron chi connectivity index (χ3n) is 6.67. The molecule has 7 heteroatoms. The van der Waals surface area contributed by atoms with Gasteiger partial charge in [0, 0.05) is 99.6 Å². The predicted octanol–water partition coefficient (Wildman–Crippen LogP) is 2.91. The van der Waals surface area contributed by atoms with Crippen LogP contribution in [0.5, 0.6) is 0 Å². The van der Waals surface area contributed by atoms with Crippen LogP contribution in [-0.4, -0.2) is 41.7 Å². The predicted molar refractivity (Wildman–Crippen MR) is 117 cm³/mol. The van der Waals surface area contributed by atoms with E-state index in [-0.39, 0.29) is 57.2 Å². The Morgan fingerprint density at radius 2 is 1.23 bits per heavy atom. The van der Waals surface area contributed by atoms with E-state index in [1.54, 1.807) is 0 Å². The second kappa shape index (κ2) is 14.7. The summed E-state index contributed by atoms with van der Waals surface area (Å²) in [7, 11) is 0. The van der Waals surface area contributed by atoms with Crippen LogP contribution in [0.2, 0.25) is 0 Å². The van der Waals surface area contributed by atoms with Gasteiger partial charge in [-0.3, -0.25) is 4.98 Å². The van der Waals surface area contributed by atoms with Crippen molar-refractivity contribution < 1.29 is 49.8 Å². The van der Waals surface area contributed by atoms with Gasteiger partial charge in [0.05, 0.1) is 11.4 Å². The molecule has 4 rings (SSSR count). The van der Waals surface area contributed by atoms with Crippen LogP contribution < -0.4 is 21.3 Å². The van der Waals surface area contributed by atoms with E-state index >= 15 is 0 Å². The molecule has 2 saturated carbocycles. The van der Waals surface area contributed by atoms with Gasteiger partial charge >= 0.3 is 0 Å². The van der Waals surface area contributed by atoms with Gasteiger partial charge in [0.25, 0.3) is 0 Å². The standard InChI is InChI=1S/C22H37N5.CH3.Mn.Y/c1-16-13-23-19-9-2-3-10-20(19)24-14-17-7-6-8-18(27-17)15-25-21-11-4-5-12-22(21)26-16;;;/h6-8,16,19-26H,2-5,9-15H2,1H3;1H3;;/q;-1;;/t16-,19-,20-,21-,22-;;;/m0.../s1. The van der Waals surface area contributed by atoms with Crippen molar-refractivity contribution in [3.63, 3.8) is 0 Å². The summed E-state index contributed by atoms with van der Waals surface area (Å²) in [5, 5.41) is 15.4. The Morgan fingerprint density at radius 1 is 0.767 bits per heavy atom. The maximum Gasteiger partial charge on any atom is 0.0545 e. The topological polar surface area (TPSA) is 61.0 Å². The van der Waals surface area contributed by atoms with E-state index in [0.29, 0.717) is 30.2 Å². The summed E-state index contributed by atoms with van der Waals surface area (Å²) in [5.41, 5.74) is 2.33. The van der Waals surface area contributed by atoms with Crippen molar-refractivity contribution in [1.82, 2.24) is 26.3 Å².